The van der Waals surface area contributed by atoms with Gasteiger partial charge in [-0.3, -0.25) is 4.79 Å². The fraction of sp³-hybridized carbons (Fsp3) is 0.714. The zero-order valence-corrected chi connectivity index (χ0v) is 19.9. The van der Waals surface area contributed by atoms with Crippen molar-refractivity contribution < 1.29 is 18.8 Å². The van der Waals surface area contributed by atoms with E-state index in [0.717, 1.165) is 0 Å². The van der Waals surface area contributed by atoms with Gasteiger partial charge in [0.05, 0.1) is 6.61 Å². The average Bonchev–Trinajstić information content (AvgIpc) is 2.48. The number of esters is 1. The highest BCUT2D eigenvalue weighted by Crippen LogP contribution is 2.36. The van der Waals surface area contributed by atoms with E-state index in [1.807, 2.05) is 13.8 Å². The van der Waals surface area contributed by atoms with Gasteiger partial charge in [0.2, 0.25) is 0 Å². The van der Waals surface area contributed by atoms with E-state index in [2.05, 4.69) is 33.9 Å². The number of hydrogen-bond acceptors (Lipinski definition) is 4. The highest BCUT2D eigenvalue weighted by molar-refractivity contribution is 6.74. The van der Waals surface area contributed by atoms with Crippen molar-refractivity contribution in [2.75, 3.05) is 19.7 Å². The SMILES string of the molecule is CCN(CC)C(=O)C(=C\C(=O)OC(C)(C)C)/C=C/CO[Si](C)(C)C(C)(C)C. The highest BCUT2D eigenvalue weighted by Gasteiger charge is 2.36. The molecule has 0 aliphatic carbocycles. The smallest absolute Gasteiger partial charge is 0.332 e. The lowest BCUT2D eigenvalue weighted by Crippen LogP contribution is -2.40. The van der Waals surface area contributed by atoms with Crippen LogP contribution in [0.1, 0.15) is 55.4 Å². The van der Waals surface area contributed by atoms with E-state index in [1.165, 1.54) is 6.08 Å². The van der Waals surface area contributed by atoms with E-state index in [0.29, 0.717) is 25.3 Å². The van der Waals surface area contributed by atoms with Crippen molar-refractivity contribution in [2.45, 2.75) is 79.1 Å². The van der Waals surface area contributed by atoms with Crippen LogP contribution in [0.4, 0.5) is 0 Å². The van der Waals surface area contributed by atoms with E-state index < -0.39 is 19.9 Å². The second-order valence-corrected chi connectivity index (χ2v) is 13.9. The summed E-state index contributed by atoms with van der Waals surface area (Å²) in [5.41, 5.74) is -0.293. The van der Waals surface area contributed by atoms with Crippen molar-refractivity contribution in [2.24, 2.45) is 0 Å². The molecule has 0 unspecified atom stereocenters. The van der Waals surface area contributed by atoms with Gasteiger partial charge in [0.1, 0.15) is 5.60 Å². The van der Waals surface area contributed by atoms with Gasteiger partial charge in [-0.15, -0.1) is 0 Å². The van der Waals surface area contributed by atoms with Crippen molar-refractivity contribution in [1.29, 1.82) is 0 Å². The first-order chi connectivity index (χ1) is 12.1. The molecule has 0 radical (unpaired) electrons. The molecular weight excluding hydrogens is 358 g/mol. The monoisotopic (exact) mass is 397 g/mol. The molecule has 0 heterocycles. The third-order valence-corrected chi connectivity index (χ3v) is 9.12. The Bertz CT molecular complexity index is 562. The number of amides is 1. The molecule has 0 aromatic rings. The molecule has 0 aliphatic heterocycles. The number of ether oxygens (including phenoxy) is 1. The molecule has 0 aliphatic rings. The number of nitrogens with zero attached hydrogens (tertiary/aromatic N) is 1. The minimum Gasteiger partial charge on any atom is -0.457 e. The molecule has 0 fully saturated rings. The van der Waals surface area contributed by atoms with Crippen LogP contribution in [-0.4, -0.2) is 50.4 Å². The van der Waals surface area contributed by atoms with Crippen molar-refractivity contribution in [1.82, 2.24) is 4.90 Å². The Labute approximate surface area is 166 Å². The van der Waals surface area contributed by atoms with Gasteiger partial charge in [0.15, 0.2) is 8.32 Å². The van der Waals surface area contributed by atoms with Crippen LogP contribution in [0.2, 0.25) is 18.1 Å². The molecule has 0 spiro atoms. The zero-order chi connectivity index (χ0) is 21.5. The predicted molar refractivity (Wildman–Crippen MR) is 114 cm³/mol. The summed E-state index contributed by atoms with van der Waals surface area (Å²) < 4.78 is 11.4. The van der Waals surface area contributed by atoms with E-state index in [-0.39, 0.29) is 10.9 Å². The lowest BCUT2D eigenvalue weighted by Gasteiger charge is -2.35. The third-order valence-electron chi connectivity index (χ3n) is 4.62. The number of carbonyl (C=O) groups is 2. The molecule has 5 nitrogen and oxygen atoms in total. The molecule has 6 heteroatoms. The molecule has 0 rings (SSSR count). The fourth-order valence-electron chi connectivity index (χ4n) is 1.98. The molecule has 1 amide bonds. The Morgan fingerprint density at radius 2 is 1.52 bits per heavy atom. The summed E-state index contributed by atoms with van der Waals surface area (Å²) >= 11 is 0. The van der Waals surface area contributed by atoms with Crippen LogP contribution in [-0.2, 0) is 18.8 Å². The minimum atomic E-state index is -1.86. The number of rotatable bonds is 8. The maximum absolute atomic E-state index is 12.7. The fourth-order valence-corrected chi connectivity index (χ4v) is 2.93. The largest absolute Gasteiger partial charge is 0.457 e. The summed E-state index contributed by atoms with van der Waals surface area (Å²) in [4.78, 5) is 26.6. The maximum atomic E-state index is 12.7. The Kier molecular flexibility index (Phi) is 9.69. The second kappa shape index (κ2) is 10.2. The van der Waals surface area contributed by atoms with Crippen LogP contribution in [0.3, 0.4) is 0 Å². The summed E-state index contributed by atoms with van der Waals surface area (Å²) in [7, 11) is -1.86. The van der Waals surface area contributed by atoms with Crippen molar-refractivity contribution >= 4 is 20.2 Å². The molecule has 0 saturated carbocycles. The molecule has 0 bridgehead atoms. The van der Waals surface area contributed by atoms with Gasteiger partial charge in [-0.2, -0.15) is 0 Å². The number of likely N-dealkylation sites (N-methyl/N-ethyl adjacent to an activating group) is 1. The topological polar surface area (TPSA) is 55.8 Å². The minimum absolute atomic E-state index is 0.118. The summed E-state index contributed by atoms with van der Waals surface area (Å²) in [6.45, 7) is 21.7. The van der Waals surface area contributed by atoms with Gasteiger partial charge in [0, 0.05) is 24.7 Å². The first-order valence-corrected chi connectivity index (χ1v) is 12.6. The Morgan fingerprint density at radius 1 is 1.00 bits per heavy atom. The molecule has 0 aromatic carbocycles. The average molecular weight is 398 g/mol. The van der Waals surface area contributed by atoms with Crippen LogP contribution in [0.25, 0.3) is 0 Å². The maximum Gasteiger partial charge on any atom is 0.332 e. The Balaban J connectivity index is 5.38. The predicted octanol–water partition coefficient (Wildman–Crippen LogP) is 4.70. The normalized spacial score (nSPS) is 13.8. The van der Waals surface area contributed by atoms with E-state index in [1.54, 1.807) is 37.8 Å². The van der Waals surface area contributed by atoms with Gasteiger partial charge in [-0.25, -0.2) is 4.79 Å². The van der Waals surface area contributed by atoms with Gasteiger partial charge >= 0.3 is 5.97 Å². The summed E-state index contributed by atoms with van der Waals surface area (Å²) in [5, 5.41) is 0.118. The standard InChI is InChI=1S/C21H39NO4Si/c1-11-22(12-2)19(24)17(16-18(23)26-20(3,4)5)14-13-15-25-27(9,10)21(6,7)8/h13-14,16H,11-12,15H2,1-10H3/b14-13+,17-16-. The van der Waals surface area contributed by atoms with E-state index in [9.17, 15) is 9.59 Å². The molecule has 0 aromatic heterocycles. The van der Waals surface area contributed by atoms with Crippen LogP contribution < -0.4 is 0 Å². The first kappa shape index (κ1) is 25.6. The molecule has 27 heavy (non-hydrogen) atoms. The lowest BCUT2D eigenvalue weighted by molar-refractivity contribution is -0.148. The van der Waals surface area contributed by atoms with Crippen LogP contribution in [0.15, 0.2) is 23.8 Å². The zero-order valence-electron chi connectivity index (χ0n) is 18.9. The summed E-state index contributed by atoms with van der Waals surface area (Å²) in [6, 6.07) is 0. The van der Waals surface area contributed by atoms with Crippen molar-refractivity contribution in [3.8, 4) is 0 Å². The Morgan fingerprint density at radius 3 is 1.93 bits per heavy atom. The van der Waals surface area contributed by atoms with Gasteiger partial charge < -0.3 is 14.1 Å². The Hall–Kier alpha value is -1.40. The van der Waals surface area contributed by atoms with Crippen molar-refractivity contribution in [3.63, 3.8) is 0 Å². The van der Waals surface area contributed by atoms with Crippen molar-refractivity contribution in [3.05, 3.63) is 23.8 Å². The molecule has 0 N–H and O–H groups in total. The lowest BCUT2D eigenvalue weighted by atomic mass is 10.1. The molecular formula is C21H39NO4Si. The quantitative estimate of drug-likeness (QED) is 0.258. The summed E-state index contributed by atoms with van der Waals surface area (Å²) in [6.07, 6.45) is 4.74. The molecule has 0 saturated heterocycles. The third kappa shape index (κ3) is 9.38. The summed E-state index contributed by atoms with van der Waals surface area (Å²) in [5.74, 6) is -0.706. The number of hydrogen-bond donors (Lipinski definition) is 0. The van der Waals surface area contributed by atoms with Gasteiger partial charge in [-0.1, -0.05) is 32.9 Å². The number of carbonyl (C=O) groups excluding carboxylic acids is 2. The van der Waals surface area contributed by atoms with Crippen LogP contribution >= 0.6 is 0 Å². The van der Waals surface area contributed by atoms with Gasteiger partial charge in [-0.05, 0) is 52.8 Å². The van der Waals surface area contributed by atoms with Gasteiger partial charge in [0.25, 0.3) is 5.91 Å². The highest BCUT2D eigenvalue weighted by atomic mass is 28.4. The first-order valence-electron chi connectivity index (χ1n) is 9.69. The van der Waals surface area contributed by atoms with Crippen LogP contribution in [0, 0.1) is 0 Å². The van der Waals surface area contributed by atoms with E-state index in [4.69, 9.17) is 9.16 Å². The van der Waals surface area contributed by atoms with E-state index >= 15 is 0 Å². The molecule has 156 valence electrons. The van der Waals surface area contributed by atoms with Crippen LogP contribution in [0.5, 0.6) is 0 Å². The second-order valence-electron chi connectivity index (χ2n) is 9.08. The molecule has 0 atom stereocenters.